The zero-order chi connectivity index (χ0) is 21.1. The Hall–Kier alpha value is -2.70. The van der Waals surface area contributed by atoms with Crippen molar-refractivity contribution < 1.29 is 13.2 Å². The van der Waals surface area contributed by atoms with Gasteiger partial charge < -0.3 is 4.90 Å². The maximum Gasteiger partial charge on any atom is 0.243 e. The second kappa shape index (κ2) is 8.58. The van der Waals surface area contributed by atoms with E-state index in [4.69, 9.17) is 0 Å². The minimum atomic E-state index is -3.57. The average Bonchev–Trinajstić information content (AvgIpc) is 2.79. The predicted octanol–water partition coefficient (Wildman–Crippen LogP) is 3.87. The van der Waals surface area contributed by atoms with Crippen molar-refractivity contribution in [3.8, 4) is 0 Å². The van der Waals surface area contributed by atoms with E-state index in [0.717, 1.165) is 16.3 Å². The average molecular weight is 423 g/mol. The Morgan fingerprint density at radius 3 is 2.20 bits per heavy atom. The van der Waals surface area contributed by atoms with Gasteiger partial charge in [0.1, 0.15) is 0 Å². The summed E-state index contributed by atoms with van der Waals surface area (Å²) >= 11 is 0. The number of carbonyl (C=O) groups is 1. The standard InChI is InChI=1S/C24H26N2O3S/c1-19(20-7-3-2-4-8-20)17-24(27)25-13-15-26(16-14-25)30(28,29)23-12-11-21-9-5-6-10-22(21)18-23/h2-12,18-19H,13-17H2,1H3. The molecule has 0 spiro atoms. The lowest BCUT2D eigenvalue weighted by Gasteiger charge is -2.34. The molecule has 1 amide bonds. The van der Waals surface area contributed by atoms with Crippen molar-refractivity contribution in [2.45, 2.75) is 24.2 Å². The van der Waals surface area contributed by atoms with Crippen LogP contribution in [0.5, 0.6) is 0 Å². The number of hydrogen-bond acceptors (Lipinski definition) is 3. The van der Waals surface area contributed by atoms with Crippen LogP contribution in [0.2, 0.25) is 0 Å². The summed E-state index contributed by atoms with van der Waals surface area (Å²) < 4.78 is 27.7. The van der Waals surface area contributed by atoms with E-state index < -0.39 is 10.0 Å². The van der Waals surface area contributed by atoms with E-state index in [1.165, 1.54) is 4.31 Å². The first-order valence-electron chi connectivity index (χ1n) is 10.3. The normalized spacial score (nSPS) is 16.5. The molecule has 3 aromatic rings. The summed E-state index contributed by atoms with van der Waals surface area (Å²) in [6.45, 7) is 3.54. The Labute approximate surface area is 178 Å². The predicted molar refractivity (Wildman–Crippen MR) is 119 cm³/mol. The van der Waals surface area contributed by atoms with Gasteiger partial charge in [0, 0.05) is 32.6 Å². The van der Waals surface area contributed by atoms with Crippen molar-refractivity contribution in [3.05, 3.63) is 78.4 Å². The van der Waals surface area contributed by atoms with Crippen molar-refractivity contribution in [2.75, 3.05) is 26.2 Å². The van der Waals surface area contributed by atoms with Gasteiger partial charge >= 0.3 is 0 Å². The first-order chi connectivity index (χ1) is 14.4. The molecule has 0 aromatic heterocycles. The molecule has 0 bridgehead atoms. The molecule has 156 valence electrons. The molecule has 1 saturated heterocycles. The maximum atomic E-state index is 13.1. The third-order valence-electron chi connectivity index (χ3n) is 5.80. The van der Waals surface area contributed by atoms with Crippen molar-refractivity contribution in [1.29, 1.82) is 0 Å². The molecule has 3 aromatic carbocycles. The lowest BCUT2D eigenvalue weighted by molar-refractivity contribution is -0.132. The number of sulfonamides is 1. The van der Waals surface area contributed by atoms with Gasteiger partial charge in [-0.15, -0.1) is 0 Å². The van der Waals surface area contributed by atoms with Crippen LogP contribution >= 0.6 is 0 Å². The molecule has 0 N–H and O–H groups in total. The molecule has 30 heavy (non-hydrogen) atoms. The number of nitrogens with zero attached hydrogens (tertiary/aromatic N) is 2. The third-order valence-corrected chi connectivity index (χ3v) is 7.69. The highest BCUT2D eigenvalue weighted by Crippen LogP contribution is 2.24. The van der Waals surface area contributed by atoms with Gasteiger partial charge in [0.25, 0.3) is 0 Å². The molecule has 0 saturated carbocycles. The minimum absolute atomic E-state index is 0.0779. The maximum absolute atomic E-state index is 13.1. The largest absolute Gasteiger partial charge is 0.340 e. The second-order valence-corrected chi connectivity index (χ2v) is 9.75. The van der Waals surface area contributed by atoms with Crippen molar-refractivity contribution in [2.24, 2.45) is 0 Å². The van der Waals surface area contributed by atoms with Crippen LogP contribution < -0.4 is 0 Å². The van der Waals surface area contributed by atoms with Crippen LogP contribution in [0.15, 0.2) is 77.7 Å². The number of fused-ring (bicyclic) bond motifs is 1. The Bertz CT molecular complexity index is 1140. The van der Waals surface area contributed by atoms with Gasteiger partial charge in [-0.3, -0.25) is 4.79 Å². The quantitative estimate of drug-likeness (QED) is 0.627. The van der Waals surface area contributed by atoms with Crippen LogP contribution in [0.25, 0.3) is 10.8 Å². The topological polar surface area (TPSA) is 57.7 Å². The smallest absolute Gasteiger partial charge is 0.243 e. The van der Waals surface area contributed by atoms with Crippen LogP contribution in [0.4, 0.5) is 0 Å². The van der Waals surface area contributed by atoms with Crippen LogP contribution in [-0.2, 0) is 14.8 Å². The Morgan fingerprint density at radius 1 is 0.867 bits per heavy atom. The van der Waals surface area contributed by atoms with E-state index in [1.807, 2.05) is 67.6 Å². The second-order valence-electron chi connectivity index (χ2n) is 7.81. The fourth-order valence-electron chi connectivity index (χ4n) is 3.95. The van der Waals surface area contributed by atoms with Gasteiger partial charge in [-0.25, -0.2) is 8.42 Å². The first kappa shape index (κ1) is 20.6. The summed E-state index contributed by atoms with van der Waals surface area (Å²) in [5.74, 6) is 0.215. The van der Waals surface area contributed by atoms with E-state index in [1.54, 1.807) is 17.0 Å². The summed E-state index contributed by atoms with van der Waals surface area (Å²) in [7, 11) is -3.57. The fourth-order valence-corrected chi connectivity index (χ4v) is 5.40. The van der Waals surface area contributed by atoms with Crippen molar-refractivity contribution in [1.82, 2.24) is 9.21 Å². The van der Waals surface area contributed by atoms with Gasteiger partial charge in [0.2, 0.25) is 15.9 Å². The van der Waals surface area contributed by atoms with E-state index in [9.17, 15) is 13.2 Å². The monoisotopic (exact) mass is 422 g/mol. The number of rotatable bonds is 5. The van der Waals surface area contributed by atoms with Crippen LogP contribution in [0.1, 0.15) is 24.8 Å². The molecule has 5 nitrogen and oxygen atoms in total. The van der Waals surface area contributed by atoms with Gasteiger partial charge in [0.05, 0.1) is 4.90 Å². The summed E-state index contributed by atoms with van der Waals surface area (Å²) in [6, 6.07) is 22.9. The Balaban J connectivity index is 1.40. The summed E-state index contributed by atoms with van der Waals surface area (Å²) in [5, 5.41) is 1.92. The summed E-state index contributed by atoms with van der Waals surface area (Å²) in [5.41, 5.74) is 1.14. The van der Waals surface area contributed by atoms with Crippen LogP contribution in [0.3, 0.4) is 0 Å². The first-order valence-corrected chi connectivity index (χ1v) is 11.7. The summed E-state index contributed by atoms with van der Waals surface area (Å²) in [6.07, 6.45) is 0.432. The molecule has 1 fully saturated rings. The van der Waals surface area contributed by atoms with E-state index >= 15 is 0 Å². The number of piperazine rings is 1. The number of amides is 1. The molecule has 0 aliphatic carbocycles. The summed E-state index contributed by atoms with van der Waals surface area (Å²) in [4.78, 5) is 14.8. The molecular formula is C24H26N2O3S. The third kappa shape index (κ3) is 4.25. The zero-order valence-corrected chi connectivity index (χ0v) is 17.9. The van der Waals surface area contributed by atoms with Crippen molar-refractivity contribution >= 4 is 26.7 Å². The zero-order valence-electron chi connectivity index (χ0n) is 17.1. The molecule has 1 aliphatic heterocycles. The highest BCUT2D eigenvalue weighted by Gasteiger charge is 2.30. The molecular weight excluding hydrogens is 396 g/mol. The number of benzene rings is 3. The lowest BCUT2D eigenvalue weighted by Crippen LogP contribution is -2.50. The molecule has 6 heteroatoms. The Kier molecular flexibility index (Phi) is 5.88. The molecule has 1 heterocycles. The van der Waals surface area contributed by atoms with Gasteiger partial charge in [-0.1, -0.05) is 67.6 Å². The van der Waals surface area contributed by atoms with E-state index in [2.05, 4.69) is 0 Å². The molecule has 0 radical (unpaired) electrons. The molecule has 4 rings (SSSR count). The highest BCUT2D eigenvalue weighted by atomic mass is 32.2. The fraction of sp³-hybridized carbons (Fsp3) is 0.292. The highest BCUT2D eigenvalue weighted by molar-refractivity contribution is 7.89. The molecule has 1 unspecified atom stereocenters. The number of hydrogen-bond donors (Lipinski definition) is 0. The van der Waals surface area contributed by atoms with E-state index in [-0.39, 0.29) is 11.8 Å². The SMILES string of the molecule is CC(CC(=O)N1CCN(S(=O)(=O)c2ccc3ccccc3c2)CC1)c1ccccc1. The molecule has 1 atom stereocenters. The molecule has 1 aliphatic rings. The van der Waals surface area contributed by atoms with Crippen molar-refractivity contribution in [3.63, 3.8) is 0 Å². The van der Waals surface area contributed by atoms with Gasteiger partial charge in [-0.05, 0) is 34.4 Å². The van der Waals surface area contributed by atoms with E-state index in [0.29, 0.717) is 37.5 Å². The lowest BCUT2D eigenvalue weighted by atomic mass is 9.97. The van der Waals surface area contributed by atoms with Gasteiger partial charge in [-0.2, -0.15) is 4.31 Å². The number of carbonyl (C=O) groups excluding carboxylic acids is 1. The van der Waals surface area contributed by atoms with Gasteiger partial charge in [0.15, 0.2) is 0 Å². The van der Waals surface area contributed by atoms with Crippen LogP contribution in [0, 0.1) is 0 Å². The Morgan fingerprint density at radius 2 is 1.50 bits per heavy atom. The minimum Gasteiger partial charge on any atom is -0.340 e. The van der Waals surface area contributed by atoms with Crippen LogP contribution in [-0.4, -0.2) is 49.7 Å².